The van der Waals surface area contributed by atoms with Gasteiger partial charge in [0.05, 0.1) is 5.69 Å². The van der Waals surface area contributed by atoms with Gasteiger partial charge in [-0.1, -0.05) is 18.2 Å². The zero-order chi connectivity index (χ0) is 13.0. The fourth-order valence-electron chi connectivity index (χ4n) is 1.91. The van der Waals surface area contributed by atoms with Crippen LogP contribution in [0.15, 0.2) is 28.7 Å². The molecular weight excluding hydrogens is 231 g/mol. The number of nitrogens with zero attached hydrogens (tertiary/aromatic N) is 1. The van der Waals surface area contributed by atoms with Crippen molar-refractivity contribution in [1.82, 2.24) is 4.98 Å². The van der Waals surface area contributed by atoms with Gasteiger partial charge in [0.15, 0.2) is 5.89 Å². The van der Waals surface area contributed by atoms with Crippen LogP contribution in [0.3, 0.4) is 0 Å². The van der Waals surface area contributed by atoms with E-state index in [0.717, 1.165) is 17.9 Å². The lowest BCUT2D eigenvalue weighted by Crippen LogP contribution is -2.04. The molecule has 0 aliphatic rings. The van der Waals surface area contributed by atoms with Crippen molar-refractivity contribution in [3.05, 3.63) is 53.0 Å². The predicted octanol–water partition coefficient (Wildman–Crippen LogP) is 2.41. The van der Waals surface area contributed by atoms with Crippen LogP contribution in [-0.4, -0.2) is 11.5 Å². The molecule has 0 radical (unpaired) electrons. The van der Waals surface area contributed by atoms with Crippen LogP contribution in [0.25, 0.3) is 0 Å². The summed E-state index contributed by atoms with van der Waals surface area (Å²) in [6.45, 7) is 2.44. The van der Waals surface area contributed by atoms with E-state index in [4.69, 9.17) is 10.2 Å². The number of aromatic nitrogens is 1. The second-order valence-electron chi connectivity index (χ2n) is 4.24. The minimum atomic E-state index is -0.178. The number of nitrogens with two attached hydrogens (primary N) is 1. The molecular formula is C14H17FN2O. The van der Waals surface area contributed by atoms with Crippen molar-refractivity contribution >= 4 is 0 Å². The maximum Gasteiger partial charge on any atom is 0.194 e. The van der Waals surface area contributed by atoms with E-state index >= 15 is 0 Å². The first-order valence-electron chi connectivity index (χ1n) is 6.09. The Kier molecular flexibility index (Phi) is 4.10. The highest BCUT2D eigenvalue weighted by Crippen LogP contribution is 2.14. The Balaban J connectivity index is 2.02. The SMILES string of the molecule is Cc1oc(CCc2ccccc2F)nc1CCN. The highest BCUT2D eigenvalue weighted by Gasteiger charge is 2.09. The molecule has 1 aromatic carbocycles. The summed E-state index contributed by atoms with van der Waals surface area (Å²) in [5.74, 6) is 1.28. The monoisotopic (exact) mass is 248 g/mol. The van der Waals surface area contributed by atoms with Gasteiger partial charge < -0.3 is 10.2 Å². The Labute approximate surface area is 106 Å². The van der Waals surface area contributed by atoms with Gasteiger partial charge >= 0.3 is 0 Å². The molecule has 2 aromatic rings. The summed E-state index contributed by atoms with van der Waals surface area (Å²) in [7, 11) is 0. The van der Waals surface area contributed by atoms with Gasteiger partial charge in [-0.25, -0.2) is 9.37 Å². The highest BCUT2D eigenvalue weighted by molar-refractivity contribution is 5.18. The highest BCUT2D eigenvalue weighted by atomic mass is 19.1. The van der Waals surface area contributed by atoms with Crippen LogP contribution < -0.4 is 5.73 Å². The van der Waals surface area contributed by atoms with E-state index in [1.807, 2.05) is 13.0 Å². The fourth-order valence-corrected chi connectivity index (χ4v) is 1.91. The van der Waals surface area contributed by atoms with Crippen molar-refractivity contribution in [2.24, 2.45) is 5.73 Å². The Morgan fingerprint density at radius 1 is 1.22 bits per heavy atom. The summed E-state index contributed by atoms with van der Waals surface area (Å²) in [4.78, 5) is 4.38. The molecule has 2 N–H and O–H groups in total. The average molecular weight is 248 g/mol. The van der Waals surface area contributed by atoms with Gasteiger partial charge in [0.2, 0.25) is 0 Å². The van der Waals surface area contributed by atoms with Crippen LogP contribution in [0.1, 0.15) is 22.9 Å². The van der Waals surface area contributed by atoms with Crippen molar-refractivity contribution in [3.8, 4) is 0 Å². The second-order valence-corrected chi connectivity index (χ2v) is 4.24. The topological polar surface area (TPSA) is 52.0 Å². The molecule has 0 saturated carbocycles. The summed E-state index contributed by atoms with van der Waals surface area (Å²) < 4.78 is 19.0. The van der Waals surface area contributed by atoms with Gasteiger partial charge in [-0.3, -0.25) is 0 Å². The Hall–Kier alpha value is -1.68. The zero-order valence-electron chi connectivity index (χ0n) is 10.4. The molecule has 0 spiro atoms. The van der Waals surface area contributed by atoms with E-state index in [2.05, 4.69) is 4.98 Å². The lowest BCUT2D eigenvalue weighted by atomic mass is 10.1. The van der Waals surface area contributed by atoms with Crippen molar-refractivity contribution in [1.29, 1.82) is 0 Å². The van der Waals surface area contributed by atoms with E-state index in [0.29, 0.717) is 30.8 Å². The summed E-state index contributed by atoms with van der Waals surface area (Å²) in [5.41, 5.74) is 7.08. The van der Waals surface area contributed by atoms with E-state index in [-0.39, 0.29) is 5.82 Å². The van der Waals surface area contributed by atoms with Gasteiger partial charge in [0.1, 0.15) is 11.6 Å². The smallest absolute Gasteiger partial charge is 0.194 e. The second kappa shape index (κ2) is 5.78. The first-order valence-corrected chi connectivity index (χ1v) is 6.09. The van der Waals surface area contributed by atoms with Crippen LogP contribution in [-0.2, 0) is 19.3 Å². The zero-order valence-corrected chi connectivity index (χ0v) is 10.4. The Morgan fingerprint density at radius 2 is 2.00 bits per heavy atom. The van der Waals surface area contributed by atoms with Crippen LogP contribution >= 0.6 is 0 Å². The lowest BCUT2D eigenvalue weighted by molar-refractivity contribution is 0.467. The molecule has 0 atom stereocenters. The number of oxazole rings is 1. The third kappa shape index (κ3) is 2.96. The fraction of sp³-hybridized carbons (Fsp3) is 0.357. The standard InChI is InChI=1S/C14H17FN2O/c1-10-13(8-9-16)17-14(18-10)7-6-11-4-2-3-5-12(11)15/h2-5H,6-9,16H2,1H3. The van der Waals surface area contributed by atoms with Gasteiger partial charge in [0.25, 0.3) is 0 Å². The van der Waals surface area contributed by atoms with E-state index in [9.17, 15) is 4.39 Å². The van der Waals surface area contributed by atoms with Crippen LogP contribution in [0.2, 0.25) is 0 Å². The van der Waals surface area contributed by atoms with Gasteiger partial charge in [0, 0.05) is 12.8 Å². The predicted molar refractivity (Wildman–Crippen MR) is 67.8 cm³/mol. The molecule has 0 aliphatic heterocycles. The van der Waals surface area contributed by atoms with Crippen LogP contribution in [0, 0.1) is 12.7 Å². The maximum absolute atomic E-state index is 13.4. The molecule has 0 aliphatic carbocycles. The third-order valence-electron chi connectivity index (χ3n) is 2.88. The molecule has 18 heavy (non-hydrogen) atoms. The molecule has 0 unspecified atom stereocenters. The number of rotatable bonds is 5. The largest absolute Gasteiger partial charge is 0.446 e. The molecule has 4 heteroatoms. The molecule has 1 heterocycles. The molecule has 0 bridgehead atoms. The summed E-state index contributed by atoms with van der Waals surface area (Å²) >= 11 is 0. The Morgan fingerprint density at radius 3 is 2.72 bits per heavy atom. The summed E-state index contributed by atoms with van der Waals surface area (Å²) in [6, 6.07) is 6.77. The molecule has 2 rings (SSSR count). The van der Waals surface area contributed by atoms with Crippen molar-refractivity contribution < 1.29 is 8.81 Å². The van der Waals surface area contributed by atoms with Crippen LogP contribution in [0.4, 0.5) is 4.39 Å². The normalized spacial score (nSPS) is 10.8. The molecule has 0 saturated heterocycles. The van der Waals surface area contributed by atoms with Crippen LogP contribution in [0.5, 0.6) is 0 Å². The summed E-state index contributed by atoms with van der Waals surface area (Å²) in [5, 5.41) is 0. The summed E-state index contributed by atoms with van der Waals surface area (Å²) in [6.07, 6.45) is 1.91. The number of benzene rings is 1. The van der Waals surface area contributed by atoms with E-state index in [1.54, 1.807) is 12.1 Å². The van der Waals surface area contributed by atoms with Crippen molar-refractivity contribution in [2.45, 2.75) is 26.2 Å². The average Bonchev–Trinajstić information content (AvgIpc) is 2.70. The van der Waals surface area contributed by atoms with E-state index < -0.39 is 0 Å². The Bertz CT molecular complexity index is 522. The number of hydrogen-bond donors (Lipinski definition) is 1. The van der Waals surface area contributed by atoms with Crippen molar-refractivity contribution in [2.75, 3.05) is 6.54 Å². The first-order chi connectivity index (χ1) is 8.70. The van der Waals surface area contributed by atoms with E-state index in [1.165, 1.54) is 6.07 Å². The third-order valence-corrected chi connectivity index (χ3v) is 2.88. The maximum atomic E-state index is 13.4. The number of halogens is 1. The molecule has 0 fully saturated rings. The lowest BCUT2D eigenvalue weighted by Gasteiger charge is -1.99. The van der Waals surface area contributed by atoms with Gasteiger partial charge in [-0.2, -0.15) is 0 Å². The molecule has 3 nitrogen and oxygen atoms in total. The number of hydrogen-bond acceptors (Lipinski definition) is 3. The van der Waals surface area contributed by atoms with Gasteiger partial charge in [-0.05, 0) is 31.5 Å². The quantitative estimate of drug-likeness (QED) is 0.884. The molecule has 96 valence electrons. The minimum Gasteiger partial charge on any atom is -0.446 e. The first kappa shape index (κ1) is 12.8. The van der Waals surface area contributed by atoms with Gasteiger partial charge in [-0.15, -0.1) is 0 Å². The molecule has 0 amide bonds. The molecule has 1 aromatic heterocycles. The van der Waals surface area contributed by atoms with Crippen molar-refractivity contribution in [3.63, 3.8) is 0 Å². The minimum absolute atomic E-state index is 0.178. The number of aryl methyl sites for hydroxylation is 3.